The zero-order valence-electron chi connectivity index (χ0n) is 20.1. The number of hydrogen-bond acceptors (Lipinski definition) is 7. The van der Waals surface area contributed by atoms with Crippen molar-refractivity contribution in [1.82, 2.24) is 20.0 Å². The first-order chi connectivity index (χ1) is 17.0. The third-order valence-corrected chi connectivity index (χ3v) is 6.80. The van der Waals surface area contributed by atoms with Crippen LogP contribution in [0.5, 0.6) is 0 Å². The molecule has 2 heterocycles. The van der Waals surface area contributed by atoms with E-state index in [1.165, 1.54) is 44.3 Å². The second kappa shape index (κ2) is 9.84. The number of hydrogen-bond donors (Lipinski definition) is 2. The monoisotopic (exact) mass is 513 g/mol. The van der Waals surface area contributed by atoms with Gasteiger partial charge in [0.2, 0.25) is 0 Å². The lowest BCUT2D eigenvalue weighted by Crippen LogP contribution is -2.24. The minimum absolute atomic E-state index is 0.0529. The summed E-state index contributed by atoms with van der Waals surface area (Å²) in [7, 11) is 3.80. The summed E-state index contributed by atoms with van der Waals surface area (Å²) in [5, 5.41) is 3.97. The largest absolute Gasteiger partial charge is 0.382 e. The summed E-state index contributed by atoms with van der Waals surface area (Å²) < 4.78 is 54.8. The van der Waals surface area contributed by atoms with Gasteiger partial charge in [0.1, 0.15) is 17.3 Å². The minimum atomic E-state index is -2.27. The van der Waals surface area contributed by atoms with E-state index in [2.05, 4.69) is 15.1 Å². The summed E-state index contributed by atoms with van der Waals surface area (Å²) in [6.45, 7) is 3.54. The second-order valence-electron chi connectivity index (χ2n) is 9.07. The fourth-order valence-electron chi connectivity index (χ4n) is 3.72. The summed E-state index contributed by atoms with van der Waals surface area (Å²) >= 11 is -2.27. The van der Waals surface area contributed by atoms with Gasteiger partial charge < -0.3 is 19.7 Å². The highest BCUT2D eigenvalue weighted by Crippen LogP contribution is 2.33. The molecule has 0 saturated carbocycles. The molecule has 2 aromatic heterocycles. The summed E-state index contributed by atoms with van der Waals surface area (Å²) in [6.07, 6.45) is 1.38. The van der Waals surface area contributed by atoms with Crippen LogP contribution < -0.4 is 5.73 Å². The molecular formula is C25H25F2N5O3S. The number of aromatic nitrogens is 3. The van der Waals surface area contributed by atoms with Gasteiger partial charge >= 0.3 is 0 Å². The van der Waals surface area contributed by atoms with Gasteiger partial charge in [-0.2, -0.15) is 0 Å². The van der Waals surface area contributed by atoms with Gasteiger partial charge in [-0.1, -0.05) is 23.4 Å². The summed E-state index contributed by atoms with van der Waals surface area (Å²) in [6, 6.07) is 10.6. The lowest BCUT2D eigenvalue weighted by Gasteiger charge is -2.21. The van der Waals surface area contributed by atoms with Crippen LogP contribution in [0.15, 0.2) is 53.2 Å². The Morgan fingerprint density at radius 3 is 2.47 bits per heavy atom. The van der Waals surface area contributed by atoms with Crippen LogP contribution in [0.25, 0.3) is 34.0 Å². The Labute approximate surface area is 209 Å². The first kappa shape index (κ1) is 25.5. The molecule has 0 aliphatic carbocycles. The molecular weight excluding hydrogens is 488 g/mol. The summed E-state index contributed by atoms with van der Waals surface area (Å²) in [5.74, 6) is -0.876. The summed E-state index contributed by atoms with van der Waals surface area (Å²) in [5.41, 5.74) is 8.29. The standard InChI is InChI=1S/C25H25F2N5O3S/c1-25(2,36(33)34)17-8-6-15(10-19(17)27)21-12-29-24(28)23(30-21)22-11-20(31-35-22)16-7-5-14(9-18(16)26)13-32(3)4/h5-12H,13H2,1-4H3,(H2,28,29)(H,33,34). The van der Waals surface area contributed by atoms with Crippen LogP contribution in [-0.4, -0.2) is 42.9 Å². The molecule has 3 N–H and O–H groups in total. The van der Waals surface area contributed by atoms with Crippen molar-refractivity contribution >= 4 is 16.9 Å². The minimum Gasteiger partial charge on any atom is -0.382 e. The second-order valence-corrected chi connectivity index (χ2v) is 10.6. The van der Waals surface area contributed by atoms with E-state index in [9.17, 15) is 17.5 Å². The molecule has 36 heavy (non-hydrogen) atoms. The maximum absolute atomic E-state index is 14.8. The maximum Gasteiger partial charge on any atom is 0.189 e. The predicted molar refractivity (Wildman–Crippen MR) is 134 cm³/mol. The predicted octanol–water partition coefficient (Wildman–Crippen LogP) is 4.84. The molecule has 0 aliphatic heterocycles. The number of benzene rings is 2. The van der Waals surface area contributed by atoms with Gasteiger partial charge in [0, 0.05) is 29.3 Å². The van der Waals surface area contributed by atoms with Crippen LogP contribution in [0.2, 0.25) is 0 Å². The van der Waals surface area contributed by atoms with Gasteiger partial charge in [0.05, 0.1) is 16.6 Å². The Balaban J connectivity index is 1.67. The topological polar surface area (TPSA) is 118 Å². The Hall–Kier alpha value is -3.54. The lowest BCUT2D eigenvalue weighted by molar-refractivity contribution is 0.401. The molecule has 4 rings (SSSR count). The van der Waals surface area contributed by atoms with Gasteiger partial charge in [-0.3, -0.25) is 0 Å². The smallest absolute Gasteiger partial charge is 0.189 e. The Bertz CT molecular complexity index is 1460. The number of nitrogen functional groups attached to an aromatic ring is 1. The Morgan fingerprint density at radius 2 is 1.83 bits per heavy atom. The molecule has 188 valence electrons. The van der Waals surface area contributed by atoms with E-state index in [0.717, 1.165) is 5.56 Å². The van der Waals surface area contributed by atoms with Gasteiger partial charge in [0.15, 0.2) is 28.4 Å². The normalized spacial score (nSPS) is 12.8. The number of nitrogens with zero attached hydrogens (tertiary/aromatic N) is 4. The molecule has 4 aromatic rings. The van der Waals surface area contributed by atoms with E-state index >= 15 is 0 Å². The first-order valence-electron chi connectivity index (χ1n) is 10.9. The van der Waals surface area contributed by atoms with E-state index in [4.69, 9.17) is 10.3 Å². The van der Waals surface area contributed by atoms with Crippen LogP contribution in [-0.2, 0) is 22.4 Å². The van der Waals surface area contributed by atoms with Crippen molar-refractivity contribution in [2.24, 2.45) is 0 Å². The number of halogens is 2. The lowest BCUT2D eigenvalue weighted by atomic mass is 9.99. The fourth-order valence-corrected chi connectivity index (χ4v) is 4.07. The Morgan fingerprint density at radius 1 is 1.08 bits per heavy atom. The van der Waals surface area contributed by atoms with Crippen molar-refractivity contribution in [1.29, 1.82) is 0 Å². The number of nitrogens with two attached hydrogens (primary N) is 1. The fraction of sp³-hybridized carbons (Fsp3) is 0.240. The van der Waals surface area contributed by atoms with Crippen LogP contribution >= 0.6 is 0 Å². The van der Waals surface area contributed by atoms with Crippen molar-refractivity contribution in [3.8, 4) is 34.0 Å². The van der Waals surface area contributed by atoms with Gasteiger partial charge in [-0.05, 0) is 51.7 Å². The molecule has 8 nitrogen and oxygen atoms in total. The van der Waals surface area contributed by atoms with E-state index in [1.54, 1.807) is 12.1 Å². The van der Waals surface area contributed by atoms with Crippen molar-refractivity contribution < 1.29 is 22.1 Å². The molecule has 1 atom stereocenters. The first-order valence-corrected chi connectivity index (χ1v) is 12.0. The highest BCUT2D eigenvalue weighted by molar-refractivity contribution is 7.80. The van der Waals surface area contributed by atoms with Gasteiger partial charge in [-0.25, -0.2) is 23.0 Å². The van der Waals surface area contributed by atoms with Crippen LogP contribution in [0, 0.1) is 11.6 Å². The molecule has 0 spiro atoms. The molecule has 0 amide bonds. The van der Waals surface area contributed by atoms with Gasteiger partial charge in [0.25, 0.3) is 0 Å². The Kier molecular flexibility index (Phi) is 6.98. The van der Waals surface area contributed by atoms with E-state index in [0.29, 0.717) is 17.8 Å². The molecule has 0 saturated heterocycles. The third-order valence-electron chi connectivity index (χ3n) is 5.70. The molecule has 11 heteroatoms. The van der Waals surface area contributed by atoms with Crippen LogP contribution in [0.4, 0.5) is 14.6 Å². The van der Waals surface area contributed by atoms with Crippen molar-refractivity contribution in [3.63, 3.8) is 0 Å². The highest BCUT2D eigenvalue weighted by atomic mass is 32.2. The van der Waals surface area contributed by atoms with Crippen molar-refractivity contribution in [2.45, 2.75) is 25.1 Å². The van der Waals surface area contributed by atoms with E-state index in [-0.39, 0.29) is 34.1 Å². The quantitative estimate of drug-likeness (QED) is 0.337. The van der Waals surface area contributed by atoms with Crippen molar-refractivity contribution in [3.05, 3.63) is 71.4 Å². The van der Waals surface area contributed by atoms with Gasteiger partial charge in [-0.15, -0.1) is 0 Å². The molecule has 2 aromatic carbocycles. The molecule has 1 unspecified atom stereocenters. The van der Waals surface area contributed by atoms with Crippen LogP contribution in [0.3, 0.4) is 0 Å². The molecule has 0 aliphatic rings. The number of anilines is 1. The highest BCUT2D eigenvalue weighted by Gasteiger charge is 2.30. The zero-order chi connectivity index (χ0) is 26.2. The van der Waals surface area contributed by atoms with Crippen molar-refractivity contribution in [2.75, 3.05) is 19.8 Å². The average Bonchev–Trinajstić information content (AvgIpc) is 3.28. The average molecular weight is 514 g/mol. The number of rotatable bonds is 7. The molecule has 0 bridgehead atoms. The van der Waals surface area contributed by atoms with E-state index < -0.39 is 27.5 Å². The molecule has 0 fully saturated rings. The maximum atomic E-state index is 14.8. The van der Waals surface area contributed by atoms with E-state index in [1.807, 2.05) is 25.1 Å². The third kappa shape index (κ3) is 5.03. The van der Waals surface area contributed by atoms with Crippen LogP contribution in [0.1, 0.15) is 25.0 Å². The zero-order valence-corrected chi connectivity index (χ0v) is 20.9. The molecule has 0 radical (unpaired) electrons. The summed E-state index contributed by atoms with van der Waals surface area (Å²) in [4.78, 5) is 10.5. The SMILES string of the molecule is CN(C)Cc1ccc(-c2cc(-c3nc(-c4ccc(C(C)(C)S(=O)O)c(F)c4)cnc3N)on2)c(F)c1.